The molecule has 2 aromatic rings. The molecule has 0 aliphatic heterocycles. The van der Waals surface area contributed by atoms with Gasteiger partial charge in [0.15, 0.2) is 0 Å². The summed E-state index contributed by atoms with van der Waals surface area (Å²) in [6.45, 7) is 2.65. The highest BCUT2D eigenvalue weighted by atomic mass is 79.9. The van der Waals surface area contributed by atoms with E-state index >= 15 is 0 Å². The van der Waals surface area contributed by atoms with E-state index in [1.54, 1.807) is 0 Å². The highest BCUT2D eigenvalue weighted by Gasteiger charge is 2.14. The van der Waals surface area contributed by atoms with Crippen LogP contribution in [0.3, 0.4) is 0 Å². The summed E-state index contributed by atoms with van der Waals surface area (Å²) in [5.41, 5.74) is 2.29. The number of amides is 1. The number of carbonyl (C=O) groups is 1. The summed E-state index contributed by atoms with van der Waals surface area (Å²) < 4.78 is 0. The average molecular weight is 338 g/mol. The molecule has 2 nitrogen and oxygen atoms in total. The number of aryl methyl sites for hydroxylation is 1. The van der Waals surface area contributed by atoms with Crippen LogP contribution in [0, 0.1) is 0 Å². The summed E-state index contributed by atoms with van der Waals surface area (Å²) in [6, 6.07) is 12.1. The van der Waals surface area contributed by atoms with Gasteiger partial charge in [0.05, 0.1) is 9.70 Å². The molecule has 0 aliphatic rings. The zero-order valence-electron chi connectivity index (χ0n) is 10.7. The molecular weight excluding hydrogens is 322 g/mol. The highest BCUT2D eigenvalue weighted by Crippen LogP contribution is 2.22. The second kappa shape index (κ2) is 6.87. The SMILES string of the molecule is CCc1ccsc1C(=O)NCC(Br)c1ccccc1. The van der Waals surface area contributed by atoms with Crippen molar-refractivity contribution < 1.29 is 4.79 Å². The lowest BCUT2D eigenvalue weighted by Gasteiger charge is -2.11. The second-order valence-electron chi connectivity index (χ2n) is 4.22. The van der Waals surface area contributed by atoms with Crippen LogP contribution in [0.5, 0.6) is 0 Å². The van der Waals surface area contributed by atoms with Gasteiger partial charge in [-0.05, 0) is 29.0 Å². The molecule has 4 heteroatoms. The maximum Gasteiger partial charge on any atom is 0.261 e. The number of benzene rings is 1. The highest BCUT2D eigenvalue weighted by molar-refractivity contribution is 9.09. The standard InChI is InChI=1S/C15H16BrNOS/c1-2-11-8-9-19-14(11)15(18)17-10-13(16)12-6-4-3-5-7-12/h3-9,13H,2,10H2,1H3,(H,17,18). The van der Waals surface area contributed by atoms with Crippen molar-refractivity contribution in [3.8, 4) is 0 Å². The van der Waals surface area contributed by atoms with E-state index in [0.29, 0.717) is 6.54 Å². The quantitative estimate of drug-likeness (QED) is 0.815. The van der Waals surface area contributed by atoms with Gasteiger partial charge < -0.3 is 5.32 Å². The first kappa shape index (κ1) is 14.3. The normalized spacial score (nSPS) is 12.1. The predicted molar refractivity (Wildman–Crippen MR) is 84.1 cm³/mol. The molecule has 0 bridgehead atoms. The van der Waals surface area contributed by atoms with Crippen molar-refractivity contribution in [2.45, 2.75) is 18.2 Å². The molecule has 0 saturated carbocycles. The third kappa shape index (κ3) is 3.67. The molecule has 1 aromatic heterocycles. The first-order valence-electron chi connectivity index (χ1n) is 6.26. The van der Waals surface area contributed by atoms with Gasteiger partial charge in [-0.15, -0.1) is 11.3 Å². The minimum atomic E-state index is 0.0206. The molecular formula is C15H16BrNOS. The fraction of sp³-hybridized carbons (Fsp3) is 0.267. The van der Waals surface area contributed by atoms with Crippen molar-refractivity contribution in [3.05, 3.63) is 57.8 Å². The third-order valence-electron chi connectivity index (χ3n) is 2.94. The first-order valence-corrected chi connectivity index (χ1v) is 8.05. The lowest BCUT2D eigenvalue weighted by atomic mass is 10.1. The van der Waals surface area contributed by atoms with Crippen LogP contribution in [0.4, 0.5) is 0 Å². The molecule has 1 aromatic carbocycles. The summed E-state index contributed by atoms with van der Waals surface area (Å²) in [6.07, 6.45) is 0.892. The summed E-state index contributed by atoms with van der Waals surface area (Å²) >= 11 is 5.10. The van der Waals surface area contributed by atoms with Crippen molar-refractivity contribution >= 4 is 33.2 Å². The van der Waals surface area contributed by atoms with E-state index < -0.39 is 0 Å². The Hall–Kier alpha value is -1.13. The van der Waals surface area contributed by atoms with Crippen molar-refractivity contribution in [2.24, 2.45) is 0 Å². The van der Waals surface area contributed by atoms with Crippen LogP contribution in [0.1, 0.15) is 32.5 Å². The van der Waals surface area contributed by atoms with Gasteiger partial charge in [-0.3, -0.25) is 4.79 Å². The Morgan fingerprint density at radius 1 is 1.32 bits per heavy atom. The van der Waals surface area contributed by atoms with Crippen LogP contribution >= 0.6 is 27.3 Å². The van der Waals surface area contributed by atoms with Crippen LogP contribution < -0.4 is 5.32 Å². The summed E-state index contributed by atoms with van der Waals surface area (Å²) in [5, 5.41) is 4.95. The molecule has 2 rings (SSSR count). The van der Waals surface area contributed by atoms with E-state index in [1.165, 1.54) is 16.9 Å². The fourth-order valence-corrected chi connectivity index (χ4v) is 3.23. The minimum Gasteiger partial charge on any atom is -0.350 e. The van der Waals surface area contributed by atoms with Crippen LogP contribution in [0.15, 0.2) is 41.8 Å². The Morgan fingerprint density at radius 2 is 2.05 bits per heavy atom. The summed E-state index contributed by atoms with van der Waals surface area (Å²) in [5.74, 6) is 0.0206. The maximum atomic E-state index is 12.1. The Kier molecular flexibility index (Phi) is 5.16. The maximum absolute atomic E-state index is 12.1. The molecule has 100 valence electrons. The van der Waals surface area contributed by atoms with Gasteiger partial charge in [0, 0.05) is 6.54 Å². The van der Waals surface area contributed by atoms with E-state index in [0.717, 1.165) is 16.9 Å². The molecule has 1 unspecified atom stereocenters. The number of hydrogen-bond acceptors (Lipinski definition) is 2. The van der Waals surface area contributed by atoms with E-state index in [1.807, 2.05) is 41.8 Å². The Bertz CT molecular complexity index is 538. The predicted octanol–water partition coefficient (Wildman–Crippen LogP) is 4.18. The van der Waals surface area contributed by atoms with E-state index in [2.05, 4.69) is 28.2 Å². The van der Waals surface area contributed by atoms with Gasteiger partial charge in [-0.25, -0.2) is 0 Å². The van der Waals surface area contributed by atoms with Gasteiger partial charge >= 0.3 is 0 Å². The molecule has 0 fully saturated rings. The van der Waals surface area contributed by atoms with Gasteiger partial charge in [0.1, 0.15) is 0 Å². The van der Waals surface area contributed by atoms with Crippen molar-refractivity contribution in [3.63, 3.8) is 0 Å². The number of rotatable bonds is 5. The van der Waals surface area contributed by atoms with Crippen molar-refractivity contribution in [1.82, 2.24) is 5.32 Å². The van der Waals surface area contributed by atoms with Crippen LogP contribution in [-0.4, -0.2) is 12.5 Å². The molecule has 1 atom stereocenters. The van der Waals surface area contributed by atoms with E-state index in [-0.39, 0.29) is 10.7 Å². The number of thiophene rings is 1. The van der Waals surface area contributed by atoms with Gasteiger partial charge in [-0.1, -0.05) is 53.2 Å². The number of halogens is 1. The number of carbonyl (C=O) groups excluding carboxylic acids is 1. The fourth-order valence-electron chi connectivity index (χ4n) is 1.86. The average Bonchev–Trinajstić information content (AvgIpc) is 2.93. The molecule has 0 spiro atoms. The minimum absolute atomic E-state index is 0.0206. The van der Waals surface area contributed by atoms with E-state index in [4.69, 9.17) is 0 Å². The Morgan fingerprint density at radius 3 is 2.74 bits per heavy atom. The van der Waals surface area contributed by atoms with Crippen molar-refractivity contribution in [2.75, 3.05) is 6.54 Å². The topological polar surface area (TPSA) is 29.1 Å². The van der Waals surface area contributed by atoms with E-state index in [9.17, 15) is 4.79 Å². The van der Waals surface area contributed by atoms with Gasteiger partial charge in [0.25, 0.3) is 5.91 Å². The van der Waals surface area contributed by atoms with Gasteiger partial charge in [-0.2, -0.15) is 0 Å². The molecule has 1 heterocycles. The second-order valence-corrected chi connectivity index (χ2v) is 6.24. The lowest BCUT2D eigenvalue weighted by Crippen LogP contribution is -2.26. The molecule has 1 N–H and O–H groups in total. The van der Waals surface area contributed by atoms with Crippen LogP contribution in [0.2, 0.25) is 0 Å². The summed E-state index contributed by atoms with van der Waals surface area (Å²) in [7, 11) is 0. The van der Waals surface area contributed by atoms with Crippen molar-refractivity contribution in [1.29, 1.82) is 0 Å². The number of hydrogen-bond donors (Lipinski definition) is 1. The van der Waals surface area contributed by atoms with Gasteiger partial charge in [0.2, 0.25) is 0 Å². The zero-order chi connectivity index (χ0) is 13.7. The monoisotopic (exact) mass is 337 g/mol. The molecule has 0 saturated heterocycles. The third-order valence-corrected chi connectivity index (χ3v) is 4.74. The molecule has 19 heavy (non-hydrogen) atoms. The number of alkyl halides is 1. The smallest absolute Gasteiger partial charge is 0.261 e. The molecule has 0 aliphatic carbocycles. The lowest BCUT2D eigenvalue weighted by molar-refractivity contribution is 0.0957. The Balaban J connectivity index is 1.94. The van der Waals surface area contributed by atoms with Crippen LogP contribution in [0.25, 0.3) is 0 Å². The zero-order valence-corrected chi connectivity index (χ0v) is 13.1. The largest absolute Gasteiger partial charge is 0.350 e. The Labute approximate surface area is 126 Å². The molecule has 1 amide bonds. The molecule has 0 radical (unpaired) electrons. The summed E-state index contributed by atoms with van der Waals surface area (Å²) in [4.78, 5) is 13.1. The first-order chi connectivity index (χ1) is 9.22. The van der Waals surface area contributed by atoms with Crippen LogP contribution in [-0.2, 0) is 6.42 Å². The number of nitrogens with one attached hydrogen (secondary N) is 1.